The molecule has 1 atom stereocenters. The number of rotatable bonds is 5. The van der Waals surface area contributed by atoms with E-state index in [0.717, 1.165) is 5.56 Å². The zero-order valence-electron chi connectivity index (χ0n) is 10.4. The molecule has 0 radical (unpaired) electrons. The normalized spacial score (nSPS) is 11.4. The van der Waals surface area contributed by atoms with Crippen molar-refractivity contribution in [2.75, 3.05) is 0 Å². The Bertz CT molecular complexity index is 487. The maximum absolute atomic E-state index is 11.4. The van der Waals surface area contributed by atoms with Gasteiger partial charge in [-0.3, -0.25) is 10.1 Å². The third-order valence-electron chi connectivity index (χ3n) is 2.23. The highest BCUT2D eigenvalue weighted by atomic mass is 32.1. The average molecular weight is 281 g/mol. The number of carbonyl (C=O) groups is 2. The first-order valence-electron chi connectivity index (χ1n) is 5.52. The van der Waals surface area contributed by atoms with E-state index in [4.69, 9.17) is 28.4 Å². The van der Waals surface area contributed by atoms with E-state index < -0.39 is 18.0 Å². The molecule has 1 aromatic rings. The van der Waals surface area contributed by atoms with E-state index in [0.29, 0.717) is 17.2 Å². The van der Waals surface area contributed by atoms with Crippen LogP contribution in [0.25, 0.3) is 0 Å². The summed E-state index contributed by atoms with van der Waals surface area (Å²) in [6, 6.07) is 6.08. The number of benzene rings is 1. The molecule has 0 bridgehead atoms. The topological polar surface area (TPSA) is 107 Å². The van der Waals surface area contributed by atoms with Crippen LogP contribution in [0, 0.1) is 0 Å². The van der Waals surface area contributed by atoms with Crippen LogP contribution in [0.5, 0.6) is 5.75 Å². The summed E-state index contributed by atoms with van der Waals surface area (Å²) in [6.07, 6.45) is -0.318. The third-order valence-corrected chi connectivity index (χ3v) is 2.37. The second-order valence-electron chi connectivity index (χ2n) is 3.90. The lowest BCUT2D eigenvalue weighted by Gasteiger charge is -2.13. The van der Waals surface area contributed by atoms with E-state index in [2.05, 4.69) is 0 Å². The zero-order chi connectivity index (χ0) is 14.4. The molecular formula is C12H15N3O3S. The Morgan fingerprint density at radius 3 is 2.37 bits per heavy atom. The monoisotopic (exact) mass is 281 g/mol. The van der Waals surface area contributed by atoms with Gasteiger partial charge in [-0.1, -0.05) is 24.4 Å². The van der Waals surface area contributed by atoms with Gasteiger partial charge in [0, 0.05) is 6.42 Å². The van der Waals surface area contributed by atoms with E-state index in [1.54, 1.807) is 24.3 Å². The zero-order valence-corrected chi connectivity index (χ0v) is 11.2. The first-order chi connectivity index (χ1) is 8.88. The van der Waals surface area contributed by atoms with E-state index in [9.17, 15) is 9.59 Å². The lowest BCUT2D eigenvalue weighted by molar-refractivity contribution is -0.126. The molecule has 0 aliphatic rings. The summed E-state index contributed by atoms with van der Waals surface area (Å²) in [5.41, 5.74) is 11.2. The van der Waals surface area contributed by atoms with Crippen molar-refractivity contribution in [2.24, 2.45) is 11.5 Å². The largest absolute Gasteiger partial charge is 0.481 e. The lowest BCUT2D eigenvalue weighted by atomic mass is 10.1. The van der Waals surface area contributed by atoms with Crippen molar-refractivity contribution in [3.8, 4) is 5.75 Å². The number of ether oxygens (including phenoxy) is 1. The van der Waals surface area contributed by atoms with Gasteiger partial charge < -0.3 is 16.2 Å². The quantitative estimate of drug-likeness (QED) is 0.680. The summed E-state index contributed by atoms with van der Waals surface area (Å²) in [7, 11) is 0. The van der Waals surface area contributed by atoms with Gasteiger partial charge in [-0.15, -0.1) is 0 Å². The highest BCUT2D eigenvalue weighted by molar-refractivity contribution is 7.80. The predicted octanol–water partition coefficient (Wildman–Crippen LogP) is 0.477. The second-order valence-corrected chi connectivity index (χ2v) is 4.42. The molecule has 0 fully saturated rings. The molecule has 1 unspecified atom stereocenters. The Kier molecular flexibility index (Phi) is 5.25. The van der Waals surface area contributed by atoms with Gasteiger partial charge in [-0.2, -0.15) is 0 Å². The number of thiocarbonyl (C=S) groups is 1. The Balaban J connectivity index is 2.59. The minimum Gasteiger partial charge on any atom is -0.481 e. The Morgan fingerprint density at radius 2 is 1.89 bits per heavy atom. The predicted molar refractivity (Wildman–Crippen MR) is 74.7 cm³/mol. The molecule has 3 amide bonds. The number of hydrogen-bond acceptors (Lipinski definition) is 4. The number of hydrogen-bond donors (Lipinski definition) is 3. The van der Waals surface area contributed by atoms with Gasteiger partial charge in [-0.25, -0.2) is 4.79 Å². The van der Waals surface area contributed by atoms with E-state index >= 15 is 0 Å². The summed E-state index contributed by atoms with van der Waals surface area (Å²) in [5, 5.41) is 1.94. The van der Waals surface area contributed by atoms with Crippen LogP contribution >= 0.6 is 12.2 Å². The number of primary amides is 1. The van der Waals surface area contributed by atoms with Crippen molar-refractivity contribution in [1.82, 2.24) is 5.32 Å². The number of imide groups is 1. The molecule has 0 aromatic heterocycles. The van der Waals surface area contributed by atoms with Gasteiger partial charge in [0.2, 0.25) is 0 Å². The standard InChI is InChI=1S/C12H15N3O3S/c1-7(11(16)15-12(14)17)18-9-4-2-8(3-5-9)6-10(13)19/h2-5,7H,6H2,1H3,(H2,13,19)(H3,14,15,16,17). The molecule has 5 N–H and O–H groups in total. The summed E-state index contributed by atoms with van der Waals surface area (Å²) in [5.74, 6) is -0.0986. The number of nitrogens with one attached hydrogen (secondary N) is 1. The molecule has 7 heteroatoms. The molecule has 6 nitrogen and oxygen atoms in total. The Hall–Kier alpha value is -2.15. The highest BCUT2D eigenvalue weighted by Crippen LogP contribution is 2.14. The van der Waals surface area contributed by atoms with E-state index in [1.807, 2.05) is 5.32 Å². The van der Waals surface area contributed by atoms with Gasteiger partial charge in [0.05, 0.1) is 4.99 Å². The smallest absolute Gasteiger partial charge is 0.318 e. The lowest BCUT2D eigenvalue weighted by Crippen LogP contribution is -2.42. The number of carbonyl (C=O) groups excluding carboxylic acids is 2. The number of urea groups is 1. The van der Waals surface area contributed by atoms with Crippen LogP contribution in [0.1, 0.15) is 12.5 Å². The van der Waals surface area contributed by atoms with Crippen molar-refractivity contribution in [3.05, 3.63) is 29.8 Å². The molecular weight excluding hydrogens is 266 g/mol. The molecule has 0 saturated carbocycles. The fourth-order valence-corrected chi connectivity index (χ4v) is 1.53. The highest BCUT2D eigenvalue weighted by Gasteiger charge is 2.15. The molecule has 0 heterocycles. The van der Waals surface area contributed by atoms with Crippen LogP contribution in [0.3, 0.4) is 0 Å². The maximum atomic E-state index is 11.4. The summed E-state index contributed by atoms with van der Waals surface area (Å²) < 4.78 is 5.35. The first kappa shape index (κ1) is 14.9. The molecule has 19 heavy (non-hydrogen) atoms. The van der Waals surface area contributed by atoms with Gasteiger partial charge in [0.15, 0.2) is 6.10 Å². The maximum Gasteiger partial charge on any atom is 0.318 e. The fraction of sp³-hybridized carbons (Fsp3) is 0.250. The summed E-state index contributed by atoms with van der Waals surface area (Å²) in [6.45, 7) is 1.52. The molecule has 1 aromatic carbocycles. The molecule has 102 valence electrons. The summed E-state index contributed by atoms with van der Waals surface area (Å²) in [4.78, 5) is 22.3. The van der Waals surface area contributed by atoms with Gasteiger partial charge >= 0.3 is 6.03 Å². The van der Waals surface area contributed by atoms with Crippen molar-refractivity contribution in [1.29, 1.82) is 0 Å². The van der Waals surface area contributed by atoms with Crippen LogP contribution in [0.2, 0.25) is 0 Å². The van der Waals surface area contributed by atoms with Crippen molar-refractivity contribution < 1.29 is 14.3 Å². The molecule has 0 aliphatic heterocycles. The van der Waals surface area contributed by atoms with Crippen LogP contribution in [-0.2, 0) is 11.2 Å². The minimum atomic E-state index is -0.910. The second kappa shape index (κ2) is 6.69. The minimum absolute atomic E-state index is 0.405. The Morgan fingerprint density at radius 1 is 1.32 bits per heavy atom. The van der Waals surface area contributed by atoms with Gasteiger partial charge in [-0.05, 0) is 24.6 Å². The molecule has 0 saturated heterocycles. The van der Waals surface area contributed by atoms with Crippen LogP contribution < -0.4 is 21.5 Å². The molecule has 0 aliphatic carbocycles. The number of nitrogens with two attached hydrogens (primary N) is 2. The van der Waals surface area contributed by atoms with Crippen molar-refractivity contribution in [3.63, 3.8) is 0 Å². The van der Waals surface area contributed by atoms with Gasteiger partial charge in [0.1, 0.15) is 5.75 Å². The van der Waals surface area contributed by atoms with E-state index in [1.165, 1.54) is 6.92 Å². The Labute approximate surface area is 116 Å². The van der Waals surface area contributed by atoms with Crippen molar-refractivity contribution >= 4 is 29.1 Å². The number of amides is 3. The first-order valence-corrected chi connectivity index (χ1v) is 5.93. The van der Waals surface area contributed by atoms with Crippen LogP contribution in [0.4, 0.5) is 4.79 Å². The van der Waals surface area contributed by atoms with Crippen LogP contribution in [0.15, 0.2) is 24.3 Å². The third kappa shape index (κ3) is 5.35. The van der Waals surface area contributed by atoms with Crippen molar-refractivity contribution in [2.45, 2.75) is 19.4 Å². The van der Waals surface area contributed by atoms with E-state index in [-0.39, 0.29) is 0 Å². The molecule has 1 rings (SSSR count). The average Bonchev–Trinajstić information content (AvgIpc) is 2.30. The molecule has 0 spiro atoms. The fourth-order valence-electron chi connectivity index (χ4n) is 1.37. The van der Waals surface area contributed by atoms with Crippen LogP contribution in [-0.4, -0.2) is 23.0 Å². The van der Waals surface area contributed by atoms with Gasteiger partial charge in [0.25, 0.3) is 5.91 Å². The SMILES string of the molecule is CC(Oc1ccc(CC(N)=S)cc1)C(=O)NC(N)=O. The summed E-state index contributed by atoms with van der Waals surface area (Å²) >= 11 is 4.80.